The van der Waals surface area contributed by atoms with E-state index in [-0.39, 0.29) is 19.8 Å². The Morgan fingerprint density at radius 1 is 0.661 bits per heavy atom. The van der Waals surface area contributed by atoms with Gasteiger partial charge in [-0.05, 0) is 90.2 Å². The van der Waals surface area contributed by atoms with Crippen LogP contribution in [-0.2, 0) is 30.0 Å². The van der Waals surface area contributed by atoms with Crippen LogP contribution in [0.4, 0.5) is 37.7 Å². The van der Waals surface area contributed by atoms with Crippen molar-refractivity contribution < 1.29 is 64.7 Å². The summed E-state index contributed by atoms with van der Waals surface area (Å²) in [5, 5.41) is 14.1. The SMILES string of the molecule is COc1ccc(N(CCc2ccc(C(F)(F)F)cc2)C(=O)C(O)c2ccc3c(c2)OCO3)cc1OC.COc1ccc(NCCc2ccc(C(F)(F)F)cc2)cc1OC. The monoisotopic (exact) mass is 828 g/mol. The lowest BCUT2D eigenvalue weighted by Gasteiger charge is -2.26. The molecule has 1 amide bonds. The Morgan fingerprint density at radius 3 is 1.75 bits per heavy atom. The lowest BCUT2D eigenvalue weighted by molar-refractivity contribution is -0.138. The smallest absolute Gasteiger partial charge is 0.416 e. The Kier molecular flexibility index (Phi) is 14.4. The molecular weight excluding hydrogens is 786 g/mol. The fraction of sp³-hybridized carbons (Fsp3) is 0.279. The molecule has 10 nitrogen and oxygen atoms in total. The molecule has 0 aliphatic carbocycles. The Balaban J connectivity index is 0.000000248. The van der Waals surface area contributed by atoms with Gasteiger partial charge in [0.05, 0.1) is 39.6 Å². The van der Waals surface area contributed by atoms with E-state index in [1.54, 1.807) is 50.6 Å². The molecule has 5 aromatic carbocycles. The summed E-state index contributed by atoms with van der Waals surface area (Å²) < 4.78 is 108. The first-order valence-corrected chi connectivity index (χ1v) is 18.0. The van der Waals surface area contributed by atoms with Crippen molar-refractivity contribution in [1.82, 2.24) is 0 Å². The second-order valence-corrected chi connectivity index (χ2v) is 12.9. The van der Waals surface area contributed by atoms with Crippen LogP contribution in [0.2, 0.25) is 0 Å². The van der Waals surface area contributed by atoms with E-state index in [4.69, 9.17) is 28.4 Å². The summed E-state index contributed by atoms with van der Waals surface area (Å²) in [6.45, 7) is 0.732. The maximum atomic E-state index is 13.5. The van der Waals surface area contributed by atoms with Gasteiger partial charge in [-0.2, -0.15) is 26.3 Å². The van der Waals surface area contributed by atoms with Gasteiger partial charge in [0, 0.05) is 36.6 Å². The number of aliphatic hydroxyl groups is 1. The summed E-state index contributed by atoms with van der Waals surface area (Å²) in [6, 6.07) is 25.0. The van der Waals surface area contributed by atoms with Gasteiger partial charge in [-0.15, -0.1) is 0 Å². The fourth-order valence-corrected chi connectivity index (χ4v) is 5.99. The highest BCUT2D eigenvalue weighted by atomic mass is 19.4. The number of hydrogen-bond donors (Lipinski definition) is 2. The average Bonchev–Trinajstić information content (AvgIpc) is 3.71. The summed E-state index contributed by atoms with van der Waals surface area (Å²) >= 11 is 0. The second-order valence-electron chi connectivity index (χ2n) is 12.9. The molecule has 6 rings (SSSR count). The standard InChI is InChI=1S/C26H24F3NO6.C17H18F3NO2/c1-33-20-10-8-19(14-22(20)34-2)30(12-11-16-3-6-18(7-4-16)26(27,28)29)25(32)24(31)17-5-9-21-23(13-17)36-15-35-21;1-22-15-8-7-14(11-16(15)23-2)21-10-9-12-3-5-13(6-4-12)17(18,19)20/h3-10,13-14,24,31H,11-12,15H2,1-2H3;3-8,11,21H,9-10H2,1-2H3. The third kappa shape index (κ3) is 11.4. The van der Waals surface area contributed by atoms with Gasteiger partial charge in [0.2, 0.25) is 6.79 Å². The zero-order valence-electron chi connectivity index (χ0n) is 32.4. The predicted octanol–water partition coefficient (Wildman–Crippen LogP) is 9.14. The largest absolute Gasteiger partial charge is 0.493 e. The number of amides is 1. The molecule has 0 fully saturated rings. The number of carbonyl (C=O) groups is 1. The van der Waals surface area contributed by atoms with Crippen molar-refractivity contribution in [3.8, 4) is 34.5 Å². The zero-order valence-corrected chi connectivity index (χ0v) is 32.4. The van der Waals surface area contributed by atoms with Gasteiger partial charge in [0.15, 0.2) is 40.6 Å². The van der Waals surface area contributed by atoms with Crippen molar-refractivity contribution in [2.24, 2.45) is 0 Å². The van der Waals surface area contributed by atoms with E-state index in [2.05, 4.69) is 5.32 Å². The molecule has 1 heterocycles. The number of alkyl halides is 6. The molecule has 16 heteroatoms. The first-order valence-electron chi connectivity index (χ1n) is 18.0. The molecule has 1 atom stereocenters. The number of fused-ring (bicyclic) bond motifs is 1. The van der Waals surface area contributed by atoms with Gasteiger partial charge >= 0.3 is 12.4 Å². The molecule has 59 heavy (non-hydrogen) atoms. The van der Waals surface area contributed by atoms with Crippen LogP contribution in [0.1, 0.15) is 33.9 Å². The van der Waals surface area contributed by atoms with Crippen LogP contribution < -0.4 is 38.6 Å². The van der Waals surface area contributed by atoms with Gasteiger partial charge in [0.25, 0.3) is 5.91 Å². The van der Waals surface area contributed by atoms with E-state index >= 15 is 0 Å². The number of aliphatic hydroxyl groups excluding tert-OH is 1. The van der Waals surface area contributed by atoms with Gasteiger partial charge in [-0.25, -0.2) is 0 Å². The van der Waals surface area contributed by atoms with Gasteiger partial charge in [-0.3, -0.25) is 4.79 Å². The molecule has 5 aromatic rings. The first kappa shape index (κ1) is 43.8. The molecule has 0 saturated carbocycles. The topological polar surface area (TPSA) is 108 Å². The minimum Gasteiger partial charge on any atom is -0.493 e. The summed E-state index contributed by atoms with van der Waals surface area (Å²) in [6.07, 6.45) is -9.40. The van der Waals surface area contributed by atoms with E-state index < -0.39 is 35.5 Å². The van der Waals surface area contributed by atoms with E-state index in [0.717, 1.165) is 35.5 Å². The minimum absolute atomic E-state index is 0.0493. The van der Waals surface area contributed by atoms with Crippen molar-refractivity contribution in [3.63, 3.8) is 0 Å². The number of rotatable bonds is 14. The number of benzene rings is 5. The maximum absolute atomic E-state index is 13.5. The third-order valence-electron chi connectivity index (χ3n) is 9.20. The number of halogens is 6. The van der Waals surface area contributed by atoms with Crippen LogP contribution in [-0.4, -0.2) is 59.3 Å². The van der Waals surface area contributed by atoms with E-state index in [9.17, 15) is 36.2 Å². The lowest BCUT2D eigenvalue weighted by atomic mass is 10.1. The highest BCUT2D eigenvalue weighted by Crippen LogP contribution is 2.37. The van der Waals surface area contributed by atoms with Crippen molar-refractivity contribution in [3.05, 3.63) is 131 Å². The molecule has 1 unspecified atom stereocenters. The number of nitrogens with zero attached hydrogens (tertiary/aromatic N) is 1. The van der Waals surface area contributed by atoms with Gasteiger partial charge < -0.3 is 43.7 Å². The molecule has 314 valence electrons. The predicted molar refractivity (Wildman–Crippen MR) is 208 cm³/mol. The van der Waals surface area contributed by atoms with Gasteiger partial charge in [0.1, 0.15) is 0 Å². The Bertz CT molecular complexity index is 2160. The van der Waals surface area contributed by atoms with Crippen molar-refractivity contribution in [1.29, 1.82) is 0 Å². The molecular formula is C43H42F6N2O8. The first-order chi connectivity index (χ1) is 28.1. The number of nitrogens with one attached hydrogen (secondary N) is 1. The van der Waals surface area contributed by atoms with E-state index in [1.807, 2.05) is 12.1 Å². The molecule has 1 aliphatic heterocycles. The van der Waals surface area contributed by atoms with Crippen LogP contribution >= 0.6 is 0 Å². The van der Waals surface area contributed by atoms with Crippen molar-refractivity contribution in [2.75, 3.05) is 58.5 Å². The van der Waals surface area contributed by atoms with Crippen LogP contribution in [0.25, 0.3) is 0 Å². The van der Waals surface area contributed by atoms with Crippen molar-refractivity contribution in [2.45, 2.75) is 31.3 Å². The van der Waals surface area contributed by atoms with Crippen LogP contribution in [0, 0.1) is 0 Å². The summed E-state index contributed by atoms with van der Waals surface area (Å²) in [4.78, 5) is 14.8. The number of methoxy groups -OCH3 is 4. The fourth-order valence-electron chi connectivity index (χ4n) is 5.99. The molecule has 2 N–H and O–H groups in total. The summed E-state index contributed by atoms with van der Waals surface area (Å²) in [5.41, 5.74) is 1.64. The van der Waals surface area contributed by atoms with Gasteiger partial charge in [-0.1, -0.05) is 30.3 Å². The zero-order chi connectivity index (χ0) is 42.7. The number of ether oxygens (including phenoxy) is 6. The van der Waals surface area contributed by atoms with Crippen LogP contribution in [0.15, 0.2) is 103 Å². The molecule has 0 spiro atoms. The highest BCUT2D eigenvalue weighted by molar-refractivity contribution is 5.97. The Labute approximate surface area is 336 Å². The number of hydrogen-bond acceptors (Lipinski definition) is 9. The van der Waals surface area contributed by atoms with Crippen molar-refractivity contribution >= 4 is 17.3 Å². The quantitative estimate of drug-likeness (QED) is 0.106. The molecule has 1 aliphatic rings. The molecule has 0 bridgehead atoms. The Morgan fingerprint density at radius 2 is 1.19 bits per heavy atom. The van der Waals surface area contributed by atoms with Crippen LogP contribution in [0.5, 0.6) is 34.5 Å². The highest BCUT2D eigenvalue weighted by Gasteiger charge is 2.31. The molecule has 0 saturated heterocycles. The molecule has 0 radical (unpaired) electrons. The number of anilines is 2. The average molecular weight is 829 g/mol. The normalized spacial score (nSPS) is 12.5. The van der Waals surface area contributed by atoms with E-state index in [0.29, 0.717) is 64.3 Å². The number of carbonyl (C=O) groups excluding carboxylic acids is 1. The maximum Gasteiger partial charge on any atom is 0.416 e. The Hall–Kier alpha value is -6.29. The van der Waals surface area contributed by atoms with E-state index in [1.165, 1.54) is 49.5 Å². The lowest BCUT2D eigenvalue weighted by Crippen LogP contribution is -2.37. The minimum atomic E-state index is -4.44. The summed E-state index contributed by atoms with van der Waals surface area (Å²) in [7, 11) is 6.06. The molecule has 0 aromatic heterocycles. The summed E-state index contributed by atoms with van der Waals surface area (Å²) in [5.74, 6) is 2.38. The van der Waals surface area contributed by atoms with Crippen LogP contribution in [0.3, 0.4) is 0 Å². The third-order valence-corrected chi connectivity index (χ3v) is 9.20. The second kappa shape index (κ2) is 19.4.